The molecule has 114 valence electrons. The molecule has 0 spiro atoms. The number of hydrogen-bond donors (Lipinski definition) is 1. The number of imidazole rings is 1. The molecule has 2 rings (SSSR count). The van der Waals surface area contributed by atoms with E-state index in [9.17, 15) is 4.79 Å². The molecule has 7 heteroatoms. The van der Waals surface area contributed by atoms with Crippen molar-refractivity contribution in [2.75, 3.05) is 12.4 Å². The summed E-state index contributed by atoms with van der Waals surface area (Å²) in [6.07, 6.45) is 1.71. The first-order valence-corrected chi connectivity index (χ1v) is 7.71. The topological polar surface area (TPSA) is 77.2 Å². The highest BCUT2D eigenvalue weighted by Gasteiger charge is 2.23. The van der Waals surface area contributed by atoms with Gasteiger partial charge in [0.05, 0.1) is 17.9 Å². The second-order valence-corrected chi connectivity index (χ2v) is 6.14. The van der Waals surface area contributed by atoms with Gasteiger partial charge in [0.2, 0.25) is 0 Å². The maximum absolute atomic E-state index is 10.8. The third-order valence-electron chi connectivity index (χ3n) is 2.87. The van der Waals surface area contributed by atoms with Crippen molar-refractivity contribution in [3.63, 3.8) is 0 Å². The Morgan fingerprint density at radius 1 is 1.52 bits per heavy atom. The lowest BCUT2D eigenvalue weighted by atomic mass is 10.1. The van der Waals surface area contributed by atoms with Gasteiger partial charge in [-0.15, -0.1) is 0 Å². The van der Waals surface area contributed by atoms with E-state index < -0.39 is 5.97 Å². The Labute approximate surface area is 127 Å². The Hall–Kier alpha value is -1.60. The minimum Gasteiger partial charge on any atom is -0.481 e. The van der Waals surface area contributed by atoms with E-state index in [4.69, 9.17) is 9.84 Å². The summed E-state index contributed by atoms with van der Waals surface area (Å²) in [7, 11) is 0. The smallest absolute Gasteiger partial charge is 0.313 e. The number of rotatable bonds is 7. The molecule has 1 N–H and O–H groups in total. The van der Waals surface area contributed by atoms with Gasteiger partial charge >= 0.3 is 5.97 Å². The van der Waals surface area contributed by atoms with Gasteiger partial charge in [-0.2, -0.15) is 0 Å². The van der Waals surface area contributed by atoms with Crippen molar-refractivity contribution < 1.29 is 14.6 Å². The molecule has 0 amide bonds. The summed E-state index contributed by atoms with van der Waals surface area (Å²) in [5.41, 5.74) is 1.13. The summed E-state index contributed by atoms with van der Waals surface area (Å²) in [6.45, 7) is 7.13. The van der Waals surface area contributed by atoms with Crippen LogP contribution < -0.4 is 0 Å². The summed E-state index contributed by atoms with van der Waals surface area (Å²) in [6, 6.07) is 3.69. The molecule has 21 heavy (non-hydrogen) atoms. The Bertz CT molecular complexity index is 639. The van der Waals surface area contributed by atoms with Crippen LogP contribution in [0.3, 0.4) is 0 Å². The molecule has 0 aliphatic carbocycles. The number of carboxylic acids is 1. The van der Waals surface area contributed by atoms with Gasteiger partial charge < -0.3 is 14.4 Å². The lowest BCUT2D eigenvalue weighted by molar-refractivity contribution is -0.133. The molecule has 0 saturated heterocycles. The number of aromatic nitrogens is 3. The van der Waals surface area contributed by atoms with Gasteiger partial charge in [-0.05, 0) is 32.9 Å². The third kappa shape index (κ3) is 3.95. The summed E-state index contributed by atoms with van der Waals surface area (Å²) in [5, 5.41) is 9.51. The number of carbonyl (C=O) groups is 1. The minimum absolute atomic E-state index is 0.0294. The van der Waals surface area contributed by atoms with Crippen molar-refractivity contribution in [1.29, 1.82) is 0 Å². The summed E-state index contributed by atoms with van der Waals surface area (Å²) < 4.78 is 7.66. The molecule has 0 bridgehead atoms. The van der Waals surface area contributed by atoms with Crippen LogP contribution in [0.1, 0.15) is 20.8 Å². The lowest BCUT2D eigenvalue weighted by Gasteiger charge is -2.25. The molecule has 0 saturated carbocycles. The van der Waals surface area contributed by atoms with Crippen molar-refractivity contribution in [3.8, 4) is 0 Å². The highest BCUT2D eigenvalue weighted by atomic mass is 32.2. The second-order valence-electron chi connectivity index (χ2n) is 5.20. The van der Waals surface area contributed by atoms with E-state index in [-0.39, 0.29) is 11.4 Å². The minimum atomic E-state index is -0.865. The molecule has 0 fully saturated rings. The summed E-state index contributed by atoms with van der Waals surface area (Å²) >= 11 is 1.20. The number of carboxylic acid groups (broad SMARTS) is 1. The van der Waals surface area contributed by atoms with Crippen LogP contribution in [-0.2, 0) is 16.1 Å². The Kier molecular flexibility index (Phi) is 4.84. The van der Waals surface area contributed by atoms with Crippen molar-refractivity contribution in [3.05, 3.63) is 18.3 Å². The number of hydrogen-bond acceptors (Lipinski definition) is 5. The molecule has 0 unspecified atom stereocenters. The zero-order valence-corrected chi connectivity index (χ0v) is 13.2. The molecule has 0 atom stereocenters. The molecule has 0 aromatic carbocycles. The van der Waals surface area contributed by atoms with Gasteiger partial charge in [0, 0.05) is 12.8 Å². The zero-order valence-electron chi connectivity index (χ0n) is 12.4. The van der Waals surface area contributed by atoms with Crippen LogP contribution in [0.5, 0.6) is 0 Å². The van der Waals surface area contributed by atoms with Crippen LogP contribution in [0.15, 0.2) is 23.5 Å². The fourth-order valence-electron chi connectivity index (χ4n) is 2.13. The lowest BCUT2D eigenvalue weighted by Crippen LogP contribution is -2.31. The van der Waals surface area contributed by atoms with Crippen LogP contribution in [0.4, 0.5) is 0 Å². The predicted molar refractivity (Wildman–Crippen MR) is 81.6 cm³/mol. The Balaban J connectivity index is 2.37. The van der Waals surface area contributed by atoms with Crippen LogP contribution in [0, 0.1) is 0 Å². The van der Waals surface area contributed by atoms with E-state index in [2.05, 4.69) is 9.97 Å². The van der Waals surface area contributed by atoms with E-state index >= 15 is 0 Å². The highest BCUT2D eigenvalue weighted by molar-refractivity contribution is 7.99. The van der Waals surface area contributed by atoms with Gasteiger partial charge in [0.1, 0.15) is 5.52 Å². The highest BCUT2D eigenvalue weighted by Crippen LogP contribution is 2.25. The number of aliphatic carboxylic acids is 1. The van der Waals surface area contributed by atoms with E-state index in [1.165, 1.54) is 11.8 Å². The van der Waals surface area contributed by atoms with Crippen LogP contribution in [-0.4, -0.2) is 43.6 Å². The summed E-state index contributed by atoms with van der Waals surface area (Å²) in [4.78, 5) is 19.6. The molecule has 0 aliphatic rings. The molecule has 0 aliphatic heterocycles. The van der Waals surface area contributed by atoms with Gasteiger partial charge in [0.15, 0.2) is 10.8 Å². The van der Waals surface area contributed by atoms with Gasteiger partial charge in [0.25, 0.3) is 0 Å². The molecular weight excluding hydrogens is 290 g/mol. The number of nitrogens with zero attached hydrogens (tertiary/aromatic N) is 3. The number of thioether (sulfide) groups is 1. The van der Waals surface area contributed by atoms with Gasteiger partial charge in [-0.1, -0.05) is 11.8 Å². The normalized spacial score (nSPS) is 12.0. The van der Waals surface area contributed by atoms with E-state index in [1.54, 1.807) is 6.20 Å². The largest absolute Gasteiger partial charge is 0.481 e. The second kappa shape index (κ2) is 6.44. The zero-order chi connectivity index (χ0) is 15.5. The van der Waals surface area contributed by atoms with Crippen molar-refractivity contribution >= 4 is 28.9 Å². The van der Waals surface area contributed by atoms with Crippen LogP contribution >= 0.6 is 11.8 Å². The monoisotopic (exact) mass is 309 g/mol. The molecule has 2 aromatic heterocycles. The van der Waals surface area contributed by atoms with E-state index in [0.717, 1.165) is 11.2 Å². The third-order valence-corrected chi connectivity index (χ3v) is 3.83. The van der Waals surface area contributed by atoms with Crippen molar-refractivity contribution in [2.24, 2.45) is 0 Å². The number of ether oxygens (including phenoxy) is 1. The van der Waals surface area contributed by atoms with Crippen LogP contribution in [0.25, 0.3) is 11.2 Å². The Morgan fingerprint density at radius 2 is 2.29 bits per heavy atom. The van der Waals surface area contributed by atoms with Gasteiger partial charge in [-0.3, -0.25) is 4.79 Å². The quantitative estimate of drug-likeness (QED) is 0.792. The standard InChI is InChI=1S/C14H19N3O3S/c1-4-20-14(2,3)9-17-12-10(6-5-7-15-12)16-13(17)21-8-11(18)19/h5-7H,4,8-9H2,1-3H3,(H,18,19). The first-order chi connectivity index (χ1) is 9.93. The van der Waals surface area contributed by atoms with Crippen molar-refractivity contribution in [2.45, 2.75) is 38.1 Å². The molecule has 0 radical (unpaired) electrons. The maximum atomic E-state index is 10.8. The first kappa shape index (κ1) is 15.8. The molecule has 2 heterocycles. The van der Waals surface area contributed by atoms with Gasteiger partial charge in [-0.25, -0.2) is 9.97 Å². The number of pyridine rings is 1. The Morgan fingerprint density at radius 3 is 2.95 bits per heavy atom. The summed E-state index contributed by atoms with van der Waals surface area (Å²) in [5.74, 6) is -0.895. The maximum Gasteiger partial charge on any atom is 0.313 e. The molecule has 2 aromatic rings. The fraction of sp³-hybridized carbons (Fsp3) is 0.500. The average Bonchev–Trinajstić information content (AvgIpc) is 2.74. The average molecular weight is 309 g/mol. The predicted octanol–water partition coefficient (Wildman–Crippen LogP) is 2.42. The first-order valence-electron chi connectivity index (χ1n) is 6.73. The number of fused-ring (bicyclic) bond motifs is 1. The van der Waals surface area contributed by atoms with E-state index in [1.807, 2.05) is 37.5 Å². The molecular formula is C14H19N3O3S. The van der Waals surface area contributed by atoms with E-state index in [0.29, 0.717) is 18.3 Å². The van der Waals surface area contributed by atoms with Crippen LogP contribution in [0.2, 0.25) is 0 Å². The fourth-order valence-corrected chi connectivity index (χ4v) is 2.86. The van der Waals surface area contributed by atoms with Crippen molar-refractivity contribution in [1.82, 2.24) is 14.5 Å². The SMILES string of the molecule is CCOC(C)(C)Cn1c(SCC(=O)O)nc2cccnc21. The molecule has 6 nitrogen and oxygen atoms in total.